The van der Waals surface area contributed by atoms with E-state index in [2.05, 4.69) is 10.5 Å². The minimum atomic E-state index is -0.312. The van der Waals surface area contributed by atoms with E-state index in [1.807, 2.05) is 13.0 Å². The van der Waals surface area contributed by atoms with Gasteiger partial charge in [0.25, 0.3) is 5.91 Å². The third kappa shape index (κ3) is 3.95. The number of nitrogens with zero attached hydrogens (tertiary/aromatic N) is 1. The van der Waals surface area contributed by atoms with Crippen molar-refractivity contribution in [3.05, 3.63) is 54.0 Å². The molecule has 1 aromatic heterocycles. The zero-order chi connectivity index (χ0) is 15.1. The molecule has 1 amide bonds. The van der Waals surface area contributed by atoms with Crippen molar-refractivity contribution in [2.45, 2.75) is 20.3 Å². The first-order valence-electron chi connectivity index (χ1n) is 6.82. The molecule has 2 aromatic rings. The maximum atomic E-state index is 12.2. The van der Waals surface area contributed by atoms with Crippen LogP contribution in [0.15, 0.2) is 52.2 Å². The molecule has 0 unspecified atom stereocenters. The van der Waals surface area contributed by atoms with Crippen LogP contribution in [-0.4, -0.2) is 18.2 Å². The number of furan rings is 1. The molecule has 0 saturated heterocycles. The topological polar surface area (TPSA) is 63.8 Å². The van der Waals surface area contributed by atoms with Crippen LogP contribution in [0, 0.1) is 0 Å². The molecule has 0 fully saturated rings. The van der Waals surface area contributed by atoms with Gasteiger partial charge in [-0.3, -0.25) is 4.79 Å². The van der Waals surface area contributed by atoms with Gasteiger partial charge in [-0.05, 0) is 37.6 Å². The normalized spacial score (nSPS) is 11.2. The fraction of sp³-hybridized carbons (Fsp3) is 0.250. The number of hydrogen-bond donors (Lipinski definition) is 1. The van der Waals surface area contributed by atoms with Crippen LogP contribution in [0.1, 0.15) is 36.4 Å². The first-order chi connectivity index (χ1) is 10.2. The standard InChI is InChI=1S/C16H18N2O3/c1-3-10-20-15-8-5-4-7-13(15)16(19)18-17-12(2)14-9-6-11-21-14/h4-9,11H,3,10H2,1-2H3,(H,18,19)/b17-12+. The van der Waals surface area contributed by atoms with Gasteiger partial charge in [-0.25, -0.2) is 5.43 Å². The van der Waals surface area contributed by atoms with E-state index in [0.717, 1.165) is 6.42 Å². The number of para-hydroxylation sites is 1. The maximum absolute atomic E-state index is 12.2. The molecular formula is C16H18N2O3. The van der Waals surface area contributed by atoms with Crippen LogP contribution >= 0.6 is 0 Å². The number of hydrazone groups is 1. The van der Waals surface area contributed by atoms with Gasteiger partial charge in [-0.2, -0.15) is 5.10 Å². The van der Waals surface area contributed by atoms with Gasteiger partial charge >= 0.3 is 0 Å². The van der Waals surface area contributed by atoms with E-state index in [1.54, 1.807) is 43.5 Å². The smallest absolute Gasteiger partial charge is 0.275 e. The Hall–Kier alpha value is -2.56. The second-order valence-corrected chi connectivity index (χ2v) is 4.46. The number of carbonyl (C=O) groups is 1. The summed E-state index contributed by atoms with van der Waals surface area (Å²) in [6.07, 6.45) is 2.44. The molecule has 0 saturated carbocycles. The summed E-state index contributed by atoms with van der Waals surface area (Å²) in [4.78, 5) is 12.2. The fourth-order valence-corrected chi connectivity index (χ4v) is 1.73. The molecular weight excluding hydrogens is 268 g/mol. The third-order valence-electron chi connectivity index (χ3n) is 2.80. The molecule has 1 N–H and O–H groups in total. The first-order valence-corrected chi connectivity index (χ1v) is 6.82. The van der Waals surface area contributed by atoms with Crippen molar-refractivity contribution in [1.29, 1.82) is 0 Å². The molecule has 0 aliphatic carbocycles. The Bertz CT molecular complexity index is 618. The van der Waals surface area contributed by atoms with E-state index in [1.165, 1.54) is 0 Å². The Morgan fingerprint density at radius 2 is 2.10 bits per heavy atom. The molecule has 0 aliphatic heterocycles. The van der Waals surface area contributed by atoms with E-state index < -0.39 is 0 Å². The van der Waals surface area contributed by atoms with E-state index in [4.69, 9.17) is 9.15 Å². The summed E-state index contributed by atoms with van der Waals surface area (Å²) < 4.78 is 10.8. The van der Waals surface area contributed by atoms with E-state index >= 15 is 0 Å². The number of carbonyl (C=O) groups excluding carboxylic acids is 1. The highest BCUT2D eigenvalue weighted by molar-refractivity contribution is 6.00. The lowest BCUT2D eigenvalue weighted by Gasteiger charge is -2.09. The minimum Gasteiger partial charge on any atom is -0.493 e. The van der Waals surface area contributed by atoms with Crippen molar-refractivity contribution in [2.24, 2.45) is 5.10 Å². The fourth-order valence-electron chi connectivity index (χ4n) is 1.73. The molecule has 1 heterocycles. The highest BCUT2D eigenvalue weighted by atomic mass is 16.5. The number of amides is 1. The number of ether oxygens (including phenoxy) is 1. The summed E-state index contributed by atoms with van der Waals surface area (Å²) in [6, 6.07) is 10.6. The predicted octanol–water partition coefficient (Wildman–Crippen LogP) is 3.22. The van der Waals surface area contributed by atoms with E-state index in [9.17, 15) is 4.79 Å². The quantitative estimate of drug-likeness (QED) is 0.655. The second kappa shape index (κ2) is 7.28. The van der Waals surface area contributed by atoms with Gasteiger partial charge in [0, 0.05) is 0 Å². The van der Waals surface area contributed by atoms with Crippen LogP contribution in [0.5, 0.6) is 5.75 Å². The molecule has 5 heteroatoms. The third-order valence-corrected chi connectivity index (χ3v) is 2.80. The average Bonchev–Trinajstić information content (AvgIpc) is 3.05. The van der Waals surface area contributed by atoms with Crippen LogP contribution in [0.2, 0.25) is 0 Å². The van der Waals surface area contributed by atoms with Crippen LogP contribution in [0.25, 0.3) is 0 Å². The van der Waals surface area contributed by atoms with Gasteiger partial charge in [0.15, 0.2) is 0 Å². The minimum absolute atomic E-state index is 0.312. The van der Waals surface area contributed by atoms with Crippen molar-refractivity contribution < 1.29 is 13.9 Å². The summed E-state index contributed by atoms with van der Waals surface area (Å²) >= 11 is 0. The molecule has 0 radical (unpaired) electrons. The molecule has 1 aromatic carbocycles. The van der Waals surface area contributed by atoms with Crippen LogP contribution < -0.4 is 10.2 Å². The lowest BCUT2D eigenvalue weighted by molar-refractivity contribution is 0.0950. The summed E-state index contributed by atoms with van der Waals surface area (Å²) in [7, 11) is 0. The van der Waals surface area contributed by atoms with E-state index in [-0.39, 0.29) is 5.91 Å². The number of nitrogens with one attached hydrogen (secondary N) is 1. The highest BCUT2D eigenvalue weighted by Crippen LogP contribution is 2.18. The number of benzene rings is 1. The van der Waals surface area contributed by atoms with Gasteiger partial charge in [0.2, 0.25) is 0 Å². The maximum Gasteiger partial charge on any atom is 0.275 e. The van der Waals surface area contributed by atoms with Gasteiger partial charge in [-0.1, -0.05) is 19.1 Å². The van der Waals surface area contributed by atoms with Gasteiger partial charge in [0.1, 0.15) is 17.2 Å². The SMILES string of the molecule is CCCOc1ccccc1C(=O)N/N=C(\C)c1ccco1. The molecule has 0 aliphatic rings. The number of hydrogen-bond acceptors (Lipinski definition) is 4. The second-order valence-electron chi connectivity index (χ2n) is 4.46. The zero-order valence-corrected chi connectivity index (χ0v) is 12.1. The Balaban J connectivity index is 2.08. The van der Waals surface area contributed by atoms with Gasteiger partial charge in [0.05, 0.1) is 18.4 Å². The predicted molar refractivity (Wildman–Crippen MR) is 80.6 cm³/mol. The van der Waals surface area contributed by atoms with Crippen molar-refractivity contribution in [1.82, 2.24) is 5.43 Å². The largest absolute Gasteiger partial charge is 0.493 e. The van der Waals surface area contributed by atoms with Crippen molar-refractivity contribution in [2.75, 3.05) is 6.61 Å². The zero-order valence-electron chi connectivity index (χ0n) is 12.1. The summed E-state index contributed by atoms with van der Waals surface area (Å²) in [6.45, 7) is 4.34. The lowest BCUT2D eigenvalue weighted by Crippen LogP contribution is -2.20. The monoisotopic (exact) mass is 286 g/mol. The van der Waals surface area contributed by atoms with Crippen molar-refractivity contribution in [3.63, 3.8) is 0 Å². The Morgan fingerprint density at radius 3 is 2.81 bits per heavy atom. The van der Waals surface area contributed by atoms with Crippen molar-refractivity contribution >= 4 is 11.6 Å². The summed E-state index contributed by atoms with van der Waals surface area (Å²) in [5.41, 5.74) is 3.57. The highest BCUT2D eigenvalue weighted by Gasteiger charge is 2.11. The Labute approximate surface area is 123 Å². The van der Waals surface area contributed by atoms with Gasteiger partial charge < -0.3 is 9.15 Å². The van der Waals surface area contributed by atoms with Gasteiger partial charge in [-0.15, -0.1) is 0 Å². The van der Waals surface area contributed by atoms with Crippen LogP contribution in [-0.2, 0) is 0 Å². The van der Waals surface area contributed by atoms with Crippen LogP contribution in [0.4, 0.5) is 0 Å². The van der Waals surface area contributed by atoms with Crippen molar-refractivity contribution in [3.8, 4) is 5.75 Å². The molecule has 0 atom stereocenters. The molecule has 0 bridgehead atoms. The van der Waals surface area contributed by atoms with Crippen LogP contribution in [0.3, 0.4) is 0 Å². The number of rotatable bonds is 6. The summed E-state index contributed by atoms with van der Waals surface area (Å²) in [5, 5.41) is 4.03. The van der Waals surface area contributed by atoms with E-state index in [0.29, 0.717) is 29.4 Å². The molecule has 110 valence electrons. The molecule has 21 heavy (non-hydrogen) atoms. The lowest BCUT2D eigenvalue weighted by atomic mass is 10.2. The molecule has 5 nitrogen and oxygen atoms in total. The average molecular weight is 286 g/mol. The Morgan fingerprint density at radius 1 is 1.29 bits per heavy atom. The summed E-state index contributed by atoms with van der Waals surface area (Å²) in [5.74, 6) is 0.862. The molecule has 2 rings (SSSR count). The Kier molecular flexibility index (Phi) is 5.15. The molecule has 0 spiro atoms. The first kappa shape index (κ1) is 14.8.